The second-order valence-corrected chi connectivity index (χ2v) is 5.04. The lowest BCUT2D eigenvalue weighted by Gasteiger charge is -2.20. The molecule has 1 aliphatic rings. The monoisotopic (exact) mass is 234 g/mol. The summed E-state index contributed by atoms with van der Waals surface area (Å²) < 4.78 is 0. The number of nitrogens with zero attached hydrogens (tertiary/aromatic N) is 3. The number of nitrogens with one attached hydrogen (secondary N) is 1. The summed E-state index contributed by atoms with van der Waals surface area (Å²) in [5.41, 5.74) is 1.15. The fraction of sp³-hybridized carbons (Fsp3) is 0.692. The van der Waals surface area contributed by atoms with Gasteiger partial charge in [0.2, 0.25) is 5.95 Å². The smallest absolute Gasteiger partial charge is 0.225 e. The van der Waals surface area contributed by atoms with Crippen LogP contribution < -0.4 is 10.2 Å². The standard InChI is InChI=1S/C13H22N4/c1-11(2)10-12-4-6-15-13(16-12)17-8-3-5-14-7-9-17/h4,6,11,14H,3,5,7-10H2,1-2H3. The first-order chi connectivity index (χ1) is 8.25. The summed E-state index contributed by atoms with van der Waals surface area (Å²) in [6.45, 7) is 8.62. The van der Waals surface area contributed by atoms with Crippen LogP contribution in [-0.4, -0.2) is 36.1 Å². The first-order valence-corrected chi connectivity index (χ1v) is 6.53. The molecule has 0 aliphatic carbocycles. The van der Waals surface area contributed by atoms with Crippen molar-refractivity contribution in [2.45, 2.75) is 26.7 Å². The molecule has 0 unspecified atom stereocenters. The van der Waals surface area contributed by atoms with Crippen molar-refractivity contribution in [2.24, 2.45) is 5.92 Å². The van der Waals surface area contributed by atoms with Gasteiger partial charge in [0.15, 0.2) is 0 Å². The molecule has 1 aliphatic heterocycles. The largest absolute Gasteiger partial charge is 0.339 e. The molecular formula is C13H22N4. The van der Waals surface area contributed by atoms with Crippen LogP contribution in [0.1, 0.15) is 26.0 Å². The van der Waals surface area contributed by atoms with E-state index in [1.54, 1.807) is 0 Å². The zero-order chi connectivity index (χ0) is 12.1. The van der Waals surface area contributed by atoms with E-state index in [4.69, 9.17) is 0 Å². The van der Waals surface area contributed by atoms with Crippen molar-refractivity contribution in [3.63, 3.8) is 0 Å². The van der Waals surface area contributed by atoms with Gasteiger partial charge in [0.1, 0.15) is 0 Å². The van der Waals surface area contributed by atoms with Gasteiger partial charge in [-0.3, -0.25) is 0 Å². The van der Waals surface area contributed by atoms with Crippen LogP contribution in [0.25, 0.3) is 0 Å². The van der Waals surface area contributed by atoms with E-state index in [-0.39, 0.29) is 0 Å². The first-order valence-electron chi connectivity index (χ1n) is 6.53. The molecule has 0 radical (unpaired) electrons. The van der Waals surface area contributed by atoms with Gasteiger partial charge in [0.25, 0.3) is 0 Å². The van der Waals surface area contributed by atoms with Gasteiger partial charge in [-0.05, 0) is 31.4 Å². The Morgan fingerprint density at radius 2 is 2.24 bits per heavy atom. The summed E-state index contributed by atoms with van der Waals surface area (Å²) in [4.78, 5) is 11.3. The van der Waals surface area contributed by atoms with Crippen molar-refractivity contribution in [3.05, 3.63) is 18.0 Å². The van der Waals surface area contributed by atoms with Crippen molar-refractivity contribution < 1.29 is 0 Å². The highest BCUT2D eigenvalue weighted by molar-refractivity contribution is 5.30. The van der Waals surface area contributed by atoms with Gasteiger partial charge < -0.3 is 10.2 Å². The molecule has 0 bridgehead atoms. The number of rotatable bonds is 3. The molecular weight excluding hydrogens is 212 g/mol. The highest BCUT2D eigenvalue weighted by Gasteiger charge is 2.12. The average molecular weight is 234 g/mol. The summed E-state index contributed by atoms with van der Waals surface area (Å²) in [5, 5.41) is 3.40. The molecule has 2 rings (SSSR count). The van der Waals surface area contributed by atoms with E-state index < -0.39 is 0 Å². The Balaban J connectivity index is 2.08. The normalized spacial score (nSPS) is 17.2. The van der Waals surface area contributed by atoms with Crippen LogP contribution in [0.3, 0.4) is 0 Å². The Morgan fingerprint density at radius 3 is 3.06 bits per heavy atom. The van der Waals surface area contributed by atoms with E-state index in [2.05, 4.69) is 34.0 Å². The fourth-order valence-corrected chi connectivity index (χ4v) is 2.11. The Labute approximate surface area is 103 Å². The van der Waals surface area contributed by atoms with Crippen LogP contribution >= 0.6 is 0 Å². The van der Waals surface area contributed by atoms with E-state index >= 15 is 0 Å². The predicted octanol–water partition coefficient (Wildman–Crippen LogP) is 1.47. The van der Waals surface area contributed by atoms with E-state index in [1.807, 2.05) is 12.3 Å². The summed E-state index contributed by atoms with van der Waals surface area (Å²) in [6, 6.07) is 2.03. The van der Waals surface area contributed by atoms with E-state index in [9.17, 15) is 0 Å². The molecule has 0 amide bonds. The minimum atomic E-state index is 0.642. The number of hydrogen-bond acceptors (Lipinski definition) is 4. The molecule has 1 fully saturated rings. The highest BCUT2D eigenvalue weighted by atomic mass is 15.3. The second kappa shape index (κ2) is 5.96. The summed E-state index contributed by atoms with van der Waals surface area (Å²) in [7, 11) is 0. The van der Waals surface area contributed by atoms with Crippen LogP contribution in [0.4, 0.5) is 5.95 Å². The topological polar surface area (TPSA) is 41.1 Å². The molecule has 1 saturated heterocycles. The maximum atomic E-state index is 4.67. The third-order valence-corrected chi connectivity index (χ3v) is 2.94. The van der Waals surface area contributed by atoms with Gasteiger partial charge in [-0.2, -0.15) is 0 Å². The molecule has 4 nitrogen and oxygen atoms in total. The van der Waals surface area contributed by atoms with Gasteiger partial charge >= 0.3 is 0 Å². The summed E-state index contributed by atoms with van der Waals surface area (Å²) in [5.74, 6) is 1.54. The summed E-state index contributed by atoms with van der Waals surface area (Å²) >= 11 is 0. The lowest BCUT2D eigenvalue weighted by Crippen LogP contribution is -2.29. The van der Waals surface area contributed by atoms with Gasteiger partial charge in [0.05, 0.1) is 0 Å². The van der Waals surface area contributed by atoms with E-state index in [0.29, 0.717) is 5.92 Å². The zero-order valence-corrected chi connectivity index (χ0v) is 10.8. The minimum absolute atomic E-state index is 0.642. The third kappa shape index (κ3) is 3.66. The molecule has 0 spiro atoms. The third-order valence-electron chi connectivity index (χ3n) is 2.94. The van der Waals surface area contributed by atoms with Crippen molar-refractivity contribution in [2.75, 3.05) is 31.1 Å². The van der Waals surface area contributed by atoms with E-state index in [1.165, 1.54) is 0 Å². The molecule has 0 atom stereocenters. The van der Waals surface area contributed by atoms with Crippen LogP contribution in [0.5, 0.6) is 0 Å². The van der Waals surface area contributed by atoms with Gasteiger partial charge in [-0.1, -0.05) is 13.8 Å². The Hall–Kier alpha value is -1.16. The molecule has 1 N–H and O–H groups in total. The molecule has 4 heteroatoms. The predicted molar refractivity (Wildman–Crippen MR) is 70.3 cm³/mol. The number of aromatic nitrogens is 2. The molecule has 1 aromatic heterocycles. The van der Waals surface area contributed by atoms with Crippen molar-refractivity contribution in [1.82, 2.24) is 15.3 Å². The Kier molecular flexibility index (Phi) is 4.31. The van der Waals surface area contributed by atoms with Crippen LogP contribution in [-0.2, 0) is 6.42 Å². The molecule has 94 valence electrons. The number of hydrogen-bond donors (Lipinski definition) is 1. The SMILES string of the molecule is CC(C)Cc1ccnc(N2CCCNCC2)n1. The van der Waals surface area contributed by atoms with Crippen LogP contribution in [0.2, 0.25) is 0 Å². The second-order valence-electron chi connectivity index (χ2n) is 5.04. The lowest BCUT2D eigenvalue weighted by molar-refractivity contribution is 0.631. The molecule has 0 saturated carbocycles. The lowest BCUT2D eigenvalue weighted by atomic mass is 10.1. The molecule has 17 heavy (non-hydrogen) atoms. The maximum Gasteiger partial charge on any atom is 0.225 e. The molecule has 2 heterocycles. The average Bonchev–Trinajstić information content (AvgIpc) is 2.57. The van der Waals surface area contributed by atoms with Crippen molar-refractivity contribution in [3.8, 4) is 0 Å². The fourth-order valence-electron chi connectivity index (χ4n) is 2.11. The zero-order valence-electron chi connectivity index (χ0n) is 10.8. The van der Waals surface area contributed by atoms with Crippen LogP contribution in [0, 0.1) is 5.92 Å². The van der Waals surface area contributed by atoms with Crippen molar-refractivity contribution >= 4 is 5.95 Å². The Bertz CT molecular complexity index is 343. The Morgan fingerprint density at radius 1 is 1.35 bits per heavy atom. The summed E-state index contributed by atoms with van der Waals surface area (Å²) in [6.07, 6.45) is 4.08. The highest BCUT2D eigenvalue weighted by Crippen LogP contribution is 2.11. The first kappa shape index (κ1) is 12.3. The maximum absolute atomic E-state index is 4.67. The van der Waals surface area contributed by atoms with Crippen molar-refractivity contribution in [1.29, 1.82) is 0 Å². The molecule has 0 aromatic carbocycles. The van der Waals surface area contributed by atoms with E-state index in [0.717, 1.165) is 50.7 Å². The quantitative estimate of drug-likeness (QED) is 0.860. The molecule has 1 aromatic rings. The minimum Gasteiger partial charge on any atom is -0.339 e. The van der Waals surface area contributed by atoms with Gasteiger partial charge in [0, 0.05) is 31.5 Å². The van der Waals surface area contributed by atoms with Gasteiger partial charge in [-0.25, -0.2) is 9.97 Å². The number of anilines is 1. The van der Waals surface area contributed by atoms with Crippen LogP contribution in [0.15, 0.2) is 12.3 Å². The van der Waals surface area contributed by atoms with Gasteiger partial charge in [-0.15, -0.1) is 0 Å².